The Hall–Kier alpha value is -19.8. The predicted octanol–water partition coefficient (Wildman–Crippen LogP) is 31.3. The number of para-hydroxylation sites is 12. The molecule has 676 valence electrons. The van der Waals surface area contributed by atoms with Crippen molar-refractivity contribution >= 4 is 82.8 Å². The normalized spacial score (nSPS) is 11.5. The van der Waals surface area contributed by atoms with E-state index in [1.165, 1.54) is 60.4 Å². The Labute approximate surface area is 828 Å². The highest BCUT2D eigenvalue weighted by molar-refractivity contribution is 6.13. The van der Waals surface area contributed by atoms with Gasteiger partial charge in [-0.25, -0.2) is 44.9 Å². The molecule has 15 nitrogen and oxygen atoms in total. The van der Waals surface area contributed by atoms with Gasteiger partial charge in [-0.15, -0.1) is 0 Å². The van der Waals surface area contributed by atoms with Crippen molar-refractivity contribution in [3.63, 3.8) is 0 Å². The first-order valence-corrected chi connectivity index (χ1v) is 48.2. The van der Waals surface area contributed by atoms with E-state index in [0.29, 0.717) is 52.4 Å². The number of nitrogens with zero attached hydrogens (tertiary/aromatic N) is 15. The molecule has 0 unspecified atom stereocenters. The lowest BCUT2D eigenvalue weighted by Crippen LogP contribution is -2.00. The lowest BCUT2D eigenvalue weighted by molar-refractivity contribution is 1.07. The minimum absolute atomic E-state index is 0.630. The van der Waals surface area contributed by atoms with Gasteiger partial charge >= 0.3 is 0 Å². The van der Waals surface area contributed by atoms with Crippen molar-refractivity contribution in [1.82, 2.24) is 71.8 Å². The zero-order valence-electron chi connectivity index (χ0n) is 77.8. The second-order valence-corrected chi connectivity index (χ2v) is 35.6. The highest BCUT2D eigenvalue weighted by Gasteiger charge is 2.29. The fourth-order valence-corrected chi connectivity index (χ4v) is 20.4. The molecule has 9 heterocycles. The molecule has 0 radical (unpaired) electrons. The zero-order chi connectivity index (χ0) is 95.3. The molecule has 0 aliphatic heterocycles. The fourth-order valence-electron chi connectivity index (χ4n) is 20.4. The van der Waals surface area contributed by atoms with Gasteiger partial charge in [0.25, 0.3) is 0 Å². The lowest BCUT2D eigenvalue weighted by atomic mass is 10.0. The fraction of sp³-hybridized carbons (Fsp3) is 0. The lowest BCUT2D eigenvalue weighted by Gasteiger charge is -2.11. The van der Waals surface area contributed by atoms with Crippen molar-refractivity contribution in [2.75, 3.05) is 0 Å². The number of imidazole rings is 3. The molecular formula is C129H85N15. The van der Waals surface area contributed by atoms with Crippen LogP contribution >= 0.6 is 0 Å². The molecule has 0 bridgehead atoms. The summed E-state index contributed by atoms with van der Waals surface area (Å²) in [7, 11) is 0. The molecule has 0 aliphatic carbocycles. The monoisotopic (exact) mass is 1840 g/mol. The van der Waals surface area contributed by atoms with Gasteiger partial charge in [0.15, 0.2) is 52.4 Å². The molecule has 19 aromatic carbocycles. The average molecular weight is 1850 g/mol. The van der Waals surface area contributed by atoms with Crippen LogP contribution in [0, 0.1) is 0 Å². The van der Waals surface area contributed by atoms with Crippen LogP contribution in [0.4, 0.5) is 0 Å². The van der Waals surface area contributed by atoms with Crippen molar-refractivity contribution in [2.24, 2.45) is 0 Å². The first-order chi connectivity index (χ1) is 71.5. The van der Waals surface area contributed by atoms with Gasteiger partial charge in [0.05, 0.1) is 49.7 Å². The summed E-state index contributed by atoms with van der Waals surface area (Å²) in [5.41, 5.74) is 34.9. The molecule has 0 atom stereocenters. The van der Waals surface area contributed by atoms with E-state index in [9.17, 15) is 0 Å². The quantitative estimate of drug-likeness (QED) is 0.0923. The number of fused-ring (bicyclic) bond motifs is 15. The summed E-state index contributed by atoms with van der Waals surface area (Å²) in [6, 6.07) is 179. The molecule has 0 saturated carbocycles. The van der Waals surface area contributed by atoms with E-state index in [1.807, 2.05) is 158 Å². The average Bonchev–Trinajstić information content (AvgIpc) is 1.55. The van der Waals surface area contributed by atoms with Crippen LogP contribution in [0.2, 0.25) is 0 Å². The molecule has 28 aromatic rings. The summed E-state index contributed by atoms with van der Waals surface area (Å²) < 4.78 is 14.3. The van der Waals surface area contributed by atoms with Crippen LogP contribution in [-0.2, 0) is 0 Å². The minimum atomic E-state index is 0.630. The third kappa shape index (κ3) is 15.3. The Morgan fingerprint density at radius 1 is 0.118 bits per heavy atom. The second kappa shape index (κ2) is 36.6. The molecule has 0 amide bonds. The van der Waals surface area contributed by atoms with Gasteiger partial charge in [0.1, 0.15) is 16.9 Å². The summed E-state index contributed by atoms with van der Waals surface area (Å²) in [5, 5.41) is 3.60. The van der Waals surface area contributed by atoms with E-state index >= 15 is 0 Å². The Morgan fingerprint density at radius 3 is 0.576 bits per heavy atom. The van der Waals surface area contributed by atoms with Crippen LogP contribution in [-0.4, -0.2) is 71.8 Å². The van der Waals surface area contributed by atoms with Gasteiger partial charge in [0.2, 0.25) is 0 Å². The van der Waals surface area contributed by atoms with Crippen molar-refractivity contribution in [2.45, 2.75) is 0 Å². The van der Waals surface area contributed by atoms with Gasteiger partial charge in [-0.05, 0) is 131 Å². The first kappa shape index (κ1) is 84.7. The number of aromatic nitrogens is 15. The number of benzene rings is 19. The predicted molar refractivity (Wildman–Crippen MR) is 586 cm³/mol. The molecule has 0 fully saturated rings. The molecule has 0 N–H and O–H groups in total. The van der Waals surface area contributed by atoms with Gasteiger partial charge in [-0.2, -0.15) is 0 Å². The molecule has 0 aliphatic rings. The SMILES string of the molecule is c1ccc(-c2cccc(-c3nc(-c4ccccc4)nc(-c4ccc(-c5c6ccccc6n6c7ccccc7n(-c7ccccc7)c56)cc4)n3)c2)cc1.c1ccc(-c2nc(-c3ccccc3)nc(-c3ccc(-c4c5ccccc5n5c6ccccc6n(-c6ccccc6)c45)cc3)n2)cc1.c1ccc(-c2nc(-c3ccccc3)nc(-c3cccc(-c4c5ccccc5n5c6ccccc6n(-c6ccccc6)c45)c3)n2)cc1. The summed E-state index contributed by atoms with van der Waals surface area (Å²) >= 11 is 0. The number of hydrogen-bond donors (Lipinski definition) is 0. The summed E-state index contributed by atoms with van der Waals surface area (Å²) in [6.45, 7) is 0. The standard InChI is InChI=1S/C47H31N5.2C41H27N5/c1-4-15-32(16-5-1)36-19-14-20-37(31-36)46-49-44(34-17-6-2-7-18-34)48-45(50-46)35-29-27-33(28-30-35)43-39-23-10-11-24-40(39)52-42-26-13-12-25-41(42)51(47(43)52)38-21-8-3-9-22-38;1-4-15-28(16-5-1)38-42-39(29-17-6-2-7-18-29)44-40(43-38)31-20-14-19-30(27-31)37-33-23-10-11-24-34(33)46-36-26-13-12-25-35(36)45(41(37)46)32-21-8-3-9-22-32;1-4-14-29(15-5-1)38-42-39(30-16-6-2-7-17-30)44-40(43-38)31-26-24-28(25-27-31)37-33-20-10-11-21-34(33)46-36-23-13-12-22-35(36)45(41(37)46)32-18-8-3-9-19-32/h1-31H;2*1-27H. The van der Waals surface area contributed by atoms with Crippen LogP contribution in [0.5, 0.6) is 0 Å². The van der Waals surface area contributed by atoms with Crippen molar-refractivity contribution in [1.29, 1.82) is 0 Å². The van der Waals surface area contributed by atoms with E-state index in [4.69, 9.17) is 44.9 Å². The first-order valence-electron chi connectivity index (χ1n) is 48.2. The van der Waals surface area contributed by atoms with Crippen molar-refractivity contribution < 1.29 is 0 Å². The van der Waals surface area contributed by atoms with Gasteiger partial charge < -0.3 is 0 Å². The molecule has 28 rings (SSSR count). The van der Waals surface area contributed by atoms with E-state index < -0.39 is 0 Å². The molecule has 0 saturated heterocycles. The van der Waals surface area contributed by atoms with E-state index in [2.05, 4.69) is 385 Å². The second-order valence-electron chi connectivity index (χ2n) is 35.6. The Bertz CT molecular complexity index is 9530. The molecular weight excluding hydrogens is 1760 g/mol. The highest BCUT2D eigenvalue weighted by Crippen LogP contribution is 2.47. The Balaban J connectivity index is 0.000000110. The van der Waals surface area contributed by atoms with Crippen molar-refractivity contribution in [3.8, 4) is 164 Å². The maximum Gasteiger partial charge on any atom is 0.164 e. The van der Waals surface area contributed by atoms with Gasteiger partial charge in [-0.1, -0.05) is 413 Å². The zero-order valence-corrected chi connectivity index (χ0v) is 77.8. The van der Waals surface area contributed by atoms with Gasteiger partial charge in [-0.3, -0.25) is 26.9 Å². The summed E-state index contributed by atoms with van der Waals surface area (Å²) in [6.07, 6.45) is 0. The summed E-state index contributed by atoms with van der Waals surface area (Å²) in [4.78, 5) is 44.8. The van der Waals surface area contributed by atoms with E-state index in [1.54, 1.807) is 0 Å². The highest BCUT2D eigenvalue weighted by atomic mass is 15.2. The smallest absolute Gasteiger partial charge is 0.164 e. The van der Waals surface area contributed by atoms with Crippen LogP contribution in [0.15, 0.2) is 516 Å². The molecule has 0 spiro atoms. The third-order valence-corrected chi connectivity index (χ3v) is 26.9. The van der Waals surface area contributed by atoms with E-state index in [0.717, 1.165) is 134 Å². The summed E-state index contributed by atoms with van der Waals surface area (Å²) in [5.74, 6) is 5.79. The maximum atomic E-state index is 5.08. The molecule has 9 aromatic heterocycles. The maximum absolute atomic E-state index is 5.08. The Kier molecular flexibility index (Phi) is 21.5. The van der Waals surface area contributed by atoms with Crippen LogP contribution < -0.4 is 0 Å². The largest absolute Gasteiger partial charge is 0.293 e. The number of hydrogen-bond acceptors (Lipinski definition) is 9. The van der Waals surface area contributed by atoms with Crippen LogP contribution in [0.3, 0.4) is 0 Å². The minimum Gasteiger partial charge on any atom is -0.293 e. The molecule has 15 heteroatoms. The Morgan fingerprint density at radius 2 is 0.299 bits per heavy atom. The van der Waals surface area contributed by atoms with E-state index in [-0.39, 0.29) is 0 Å². The third-order valence-electron chi connectivity index (χ3n) is 26.9. The molecule has 144 heavy (non-hydrogen) atoms. The topological polar surface area (TPSA) is 144 Å². The van der Waals surface area contributed by atoms with Crippen LogP contribution in [0.1, 0.15) is 0 Å². The van der Waals surface area contributed by atoms with Crippen molar-refractivity contribution in [3.05, 3.63) is 516 Å². The number of rotatable bonds is 16. The van der Waals surface area contributed by atoms with Gasteiger partial charge in [0, 0.05) is 100.0 Å². The van der Waals surface area contributed by atoms with Crippen LogP contribution in [0.25, 0.3) is 247 Å².